The van der Waals surface area contributed by atoms with Gasteiger partial charge in [0.05, 0.1) is 10.5 Å². The van der Waals surface area contributed by atoms with Gasteiger partial charge < -0.3 is 5.11 Å². The first-order chi connectivity index (χ1) is 10.6. The molecule has 7 heteroatoms. The molecule has 1 aliphatic heterocycles. The fraction of sp³-hybridized carbons (Fsp3) is 0.562. The average Bonchev–Trinajstić information content (AvgIpc) is 2.46. The van der Waals surface area contributed by atoms with Crippen molar-refractivity contribution in [1.82, 2.24) is 9.62 Å². The lowest BCUT2D eigenvalue weighted by Gasteiger charge is -2.40. The standard InChI is InChI=1S/C16H24N2O4S/c1-16(2,3)18-10-8-13(9-11-18)17-23(21,22)14-6-4-12(5-7-14)15(19)20/h4-7,13,17H,8-11H2,1-3H3,(H,19,20). The van der Waals surface area contributed by atoms with Crippen molar-refractivity contribution < 1.29 is 18.3 Å². The molecular formula is C16H24N2O4S. The van der Waals surface area contributed by atoms with Gasteiger partial charge in [-0.1, -0.05) is 0 Å². The molecule has 0 aromatic heterocycles. The van der Waals surface area contributed by atoms with E-state index >= 15 is 0 Å². The number of hydrogen-bond donors (Lipinski definition) is 2. The molecule has 1 heterocycles. The average molecular weight is 340 g/mol. The second-order valence-corrected chi connectivity index (χ2v) is 8.60. The lowest BCUT2D eigenvalue weighted by atomic mass is 9.99. The number of rotatable bonds is 4. The molecular weight excluding hydrogens is 316 g/mol. The quantitative estimate of drug-likeness (QED) is 0.874. The van der Waals surface area contributed by atoms with Gasteiger partial charge in [0.1, 0.15) is 0 Å². The molecule has 1 aromatic carbocycles. The van der Waals surface area contributed by atoms with Crippen LogP contribution in [0.3, 0.4) is 0 Å². The molecule has 1 aliphatic rings. The van der Waals surface area contributed by atoms with Crippen molar-refractivity contribution in [3.63, 3.8) is 0 Å². The molecule has 0 radical (unpaired) electrons. The van der Waals surface area contributed by atoms with E-state index in [-0.39, 0.29) is 22.0 Å². The fourth-order valence-electron chi connectivity index (χ4n) is 2.73. The van der Waals surface area contributed by atoms with Gasteiger partial charge in [-0.3, -0.25) is 4.90 Å². The van der Waals surface area contributed by atoms with E-state index in [2.05, 4.69) is 30.4 Å². The van der Waals surface area contributed by atoms with Gasteiger partial charge in [-0.05, 0) is 57.9 Å². The maximum absolute atomic E-state index is 12.4. The molecule has 0 aliphatic carbocycles. The molecule has 0 unspecified atom stereocenters. The third-order valence-electron chi connectivity index (χ3n) is 4.18. The van der Waals surface area contributed by atoms with Crippen molar-refractivity contribution in [2.24, 2.45) is 0 Å². The molecule has 6 nitrogen and oxygen atoms in total. The van der Waals surface area contributed by atoms with Crippen LogP contribution in [0.5, 0.6) is 0 Å². The largest absolute Gasteiger partial charge is 0.478 e. The third kappa shape index (κ3) is 4.53. The number of sulfonamides is 1. The number of hydrogen-bond acceptors (Lipinski definition) is 4. The summed E-state index contributed by atoms with van der Waals surface area (Å²) in [6.07, 6.45) is 1.54. The summed E-state index contributed by atoms with van der Waals surface area (Å²) in [7, 11) is -3.62. The Hall–Kier alpha value is -1.44. The Bertz CT molecular complexity index is 654. The molecule has 23 heavy (non-hydrogen) atoms. The second-order valence-electron chi connectivity index (χ2n) is 6.88. The van der Waals surface area contributed by atoms with E-state index < -0.39 is 16.0 Å². The predicted molar refractivity (Wildman–Crippen MR) is 88.1 cm³/mol. The number of nitrogens with zero attached hydrogens (tertiary/aromatic N) is 1. The van der Waals surface area contributed by atoms with Gasteiger partial charge in [0.2, 0.25) is 10.0 Å². The Morgan fingerprint density at radius 2 is 1.70 bits per heavy atom. The summed E-state index contributed by atoms with van der Waals surface area (Å²) >= 11 is 0. The van der Waals surface area contributed by atoms with Gasteiger partial charge >= 0.3 is 5.97 Å². The highest BCUT2D eigenvalue weighted by atomic mass is 32.2. The van der Waals surface area contributed by atoms with Gasteiger partial charge in [-0.15, -0.1) is 0 Å². The Morgan fingerprint density at radius 1 is 1.17 bits per heavy atom. The SMILES string of the molecule is CC(C)(C)N1CCC(NS(=O)(=O)c2ccc(C(=O)O)cc2)CC1. The number of carbonyl (C=O) groups is 1. The van der Waals surface area contributed by atoms with Gasteiger partial charge in [0.15, 0.2) is 0 Å². The minimum absolute atomic E-state index is 0.0717. The molecule has 128 valence electrons. The van der Waals surface area contributed by atoms with Crippen molar-refractivity contribution >= 4 is 16.0 Å². The molecule has 0 bridgehead atoms. The fourth-order valence-corrected chi connectivity index (χ4v) is 4.04. The van der Waals surface area contributed by atoms with Gasteiger partial charge in [0.25, 0.3) is 0 Å². The van der Waals surface area contributed by atoms with E-state index in [1.807, 2.05) is 0 Å². The third-order valence-corrected chi connectivity index (χ3v) is 5.71. The predicted octanol–water partition coefficient (Wildman–Crippen LogP) is 1.93. The Kier molecular flexibility index (Phi) is 5.13. The Balaban J connectivity index is 2.01. The van der Waals surface area contributed by atoms with Crippen LogP contribution < -0.4 is 4.72 Å². The van der Waals surface area contributed by atoms with Crippen LogP contribution in [0.4, 0.5) is 0 Å². The highest BCUT2D eigenvalue weighted by Gasteiger charge is 2.29. The molecule has 0 spiro atoms. The van der Waals surface area contributed by atoms with E-state index in [9.17, 15) is 13.2 Å². The number of carboxylic acid groups (broad SMARTS) is 1. The number of likely N-dealkylation sites (tertiary alicyclic amines) is 1. The number of nitrogens with one attached hydrogen (secondary N) is 1. The topological polar surface area (TPSA) is 86.7 Å². The first-order valence-corrected chi connectivity index (χ1v) is 9.19. The zero-order chi connectivity index (χ0) is 17.3. The number of aromatic carboxylic acids is 1. The zero-order valence-corrected chi connectivity index (χ0v) is 14.6. The summed E-state index contributed by atoms with van der Waals surface area (Å²) in [5.41, 5.74) is 0.165. The van der Waals surface area contributed by atoms with E-state index in [0.29, 0.717) is 0 Å². The number of piperidine rings is 1. The van der Waals surface area contributed by atoms with Crippen molar-refractivity contribution in [3.8, 4) is 0 Å². The van der Waals surface area contributed by atoms with Crippen LogP contribution >= 0.6 is 0 Å². The molecule has 0 amide bonds. The van der Waals surface area contributed by atoms with Crippen LogP contribution in [0.25, 0.3) is 0 Å². The second kappa shape index (κ2) is 6.59. The molecule has 0 saturated carbocycles. The first-order valence-electron chi connectivity index (χ1n) is 7.70. The van der Waals surface area contributed by atoms with E-state index in [4.69, 9.17) is 5.11 Å². The summed E-state index contributed by atoms with van der Waals surface area (Å²) in [6.45, 7) is 8.17. The Labute approximate surface area is 137 Å². The van der Waals surface area contributed by atoms with Crippen LogP contribution in [0.2, 0.25) is 0 Å². The van der Waals surface area contributed by atoms with E-state index in [1.165, 1.54) is 24.3 Å². The molecule has 2 rings (SSSR count). The lowest BCUT2D eigenvalue weighted by molar-refractivity contribution is 0.0696. The number of carboxylic acids is 1. The Morgan fingerprint density at radius 3 is 2.13 bits per heavy atom. The summed E-state index contributed by atoms with van der Waals surface area (Å²) < 4.78 is 27.5. The first kappa shape index (κ1) is 17.9. The monoisotopic (exact) mass is 340 g/mol. The molecule has 0 atom stereocenters. The maximum Gasteiger partial charge on any atom is 0.335 e. The van der Waals surface area contributed by atoms with E-state index in [1.54, 1.807) is 0 Å². The van der Waals surface area contributed by atoms with Crippen molar-refractivity contribution in [1.29, 1.82) is 0 Å². The van der Waals surface area contributed by atoms with Crippen LogP contribution in [0, 0.1) is 0 Å². The smallest absolute Gasteiger partial charge is 0.335 e. The molecule has 1 aromatic rings. The minimum Gasteiger partial charge on any atom is -0.478 e. The highest BCUT2D eigenvalue weighted by Crippen LogP contribution is 2.21. The summed E-state index contributed by atoms with van der Waals surface area (Å²) in [6, 6.07) is 5.18. The van der Waals surface area contributed by atoms with Gasteiger partial charge in [0, 0.05) is 24.7 Å². The normalized spacial score (nSPS) is 18.0. The maximum atomic E-state index is 12.4. The van der Waals surface area contributed by atoms with Gasteiger partial charge in [-0.25, -0.2) is 17.9 Å². The highest BCUT2D eigenvalue weighted by molar-refractivity contribution is 7.89. The van der Waals surface area contributed by atoms with Crippen molar-refractivity contribution in [3.05, 3.63) is 29.8 Å². The zero-order valence-electron chi connectivity index (χ0n) is 13.7. The summed E-state index contributed by atoms with van der Waals surface area (Å²) in [5.74, 6) is -1.07. The van der Waals surface area contributed by atoms with Crippen LogP contribution in [-0.2, 0) is 10.0 Å². The van der Waals surface area contributed by atoms with Gasteiger partial charge in [-0.2, -0.15) is 0 Å². The van der Waals surface area contributed by atoms with E-state index in [0.717, 1.165) is 25.9 Å². The molecule has 1 saturated heterocycles. The minimum atomic E-state index is -3.62. The van der Waals surface area contributed by atoms with Crippen LogP contribution in [0.1, 0.15) is 44.0 Å². The van der Waals surface area contributed by atoms with Crippen molar-refractivity contribution in [2.75, 3.05) is 13.1 Å². The van der Waals surface area contributed by atoms with Crippen LogP contribution in [0.15, 0.2) is 29.2 Å². The van der Waals surface area contributed by atoms with Crippen molar-refractivity contribution in [2.45, 2.75) is 50.1 Å². The van der Waals surface area contributed by atoms with Crippen LogP contribution in [-0.4, -0.2) is 49.1 Å². The molecule has 1 fully saturated rings. The summed E-state index contributed by atoms with van der Waals surface area (Å²) in [4.78, 5) is 13.3. The lowest BCUT2D eigenvalue weighted by Crippen LogP contribution is -2.50. The number of benzene rings is 1. The molecule has 2 N–H and O–H groups in total. The summed E-state index contributed by atoms with van der Waals surface area (Å²) in [5, 5.41) is 8.86.